The van der Waals surface area contributed by atoms with Gasteiger partial charge in [0.05, 0.1) is 9.73 Å². The second kappa shape index (κ2) is 9.41. The van der Waals surface area contributed by atoms with E-state index in [4.69, 9.17) is 16.4 Å². The molecule has 0 aliphatic carbocycles. The Labute approximate surface area is 182 Å². The number of rotatable bonds is 7. The normalized spacial score (nSPS) is 12.9. The number of nitrogens with zero attached hydrogens (tertiary/aromatic N) is 2. The van der Waals surface area contributed by atoms with E-state index in [1.54, 1.807) is 36.3 Å². The summed E-state index contributed by atoms with van der Waals surface area (Å²) in [5, 5.41) is 0.387. The average molecular weight is 442 g/mol. The molecule has 7 heteroatoms. The number of carbonyl (C=O) groups excluding carboxylic acids is 1. The summed E-state index contributed by atoms with van der Waals surface area (Å²) in [5.74, 6) is 0.245. The summed E-state index contributed by atoms with van der Waals surface area (Å²) in [6.45, 7) is 1.84. The van der Waals surface area contributed by atoms with Gasteiger partial charge in [0.15, 0.2) is 0 Å². The molecule has 0 radical (unpaired) electrons. The van der Waals surface area contributed by atoms with E-state index in [-0.39, 0.29) is 11.7 Å². The lowest BCUT2D eigenvalue weighted by molar-refractivity contribution is -0.118. The Morgan fingerprint density at radius 3 is 2.23 bits per heavy atom. The Morgan fingerprint density at radius 2 is 1.67 bits per heavy atom. The molecule has 3 rings (SSSR count). The molecular weight excluding hydrogens is 418 g/mol. The van der Waals surface area contributed by atoms with Crippen LogP contribution in [0.2, 0.25) is 5.15 Å². The Hall–Kier alpha value is -2.70. The van der Waals surface area contributed by atoms with E-state index in [1.807, 2.05) is 49.4 Å². The first-order chi connectivity index (χ1) is 14.3. The van der Waals surface area contributed by atoms with Crippen LogP contribution in [0.15, 0.2) is 71.8 Å². The van der Waals surface area contributed by atoms with Crippen LogP contribution in [-0.2, 0) is 20.9 Å². The van der Waals surface area contributed by atoms with Gasteiger partial charge in [-0.25, -0.2) is 14.0 Å². The smallest absolute Gasteiger partial charge is 0.226 e. The van der Waals surface area contributed by atoms with Gasteiger partial charge in [-0.2, -0.15) is 0 Å². The zero-order chi connectivity index (χ0) is 21.7. The van der Waals surface area contributed by atoms with Crippen LogP contribution < -0.4 is 4.90 Å². The van der Waals surface area contributed by atoms with Crippen LogP contribution in [0.1, 0.15) is 18.9 Å². The van der Waals surface area contributed by atoms with Crippen molar-refractivity contribution in [2.24, 2.45) is 0 Å². The van der Waals surface area contributed by atoms with Gasteiger partial charge in [0.2, 0.25) is 5.91 Å². The van der Waals surface area contributed by atoms with Crippen molar-refractivity contribution in [1.29, 1.82) is 4.78 Å². The summed E-state index contributed by atoms with van der Waals surface area (Å²) >= 11 is 6.06. The highest BCUT2D eigenvalue weighted by atomic mass is 35.5. The minimum atomic E-state index is -2.94. The van der Waals surface area contributed by atoms with Crippen LogP contribution in [0.3, 0.4) is 0 Å². The molecule has 0 aliphatic heterocycles. The number of hydrogen-bond donors (Lipinski definition) is 1. The highest BCUT2D eigenvalue weighted by Gasteiger charge is 2.13. The Balaban J connectivity index is 1.72. The number of pyridine rings is 1. The summed E-state index contributed by atoms with van der Waals surface area (Å²) in [6.07, 6.45) is 2.50. The Morgan fingerprint density at radius 1 is 1.07 bits per heavy atom. The largest absolute Gasteiger partial charge is 0.316 e. The molecule has 1 atom stereocenters. The molecule has 1 amide bonds. The maximum Gasteiger partial charge on any atom is 0.226 e. The molecule has 0 aliphatic rings. The summed E-state index contributed by atoms with van der Waals surface area (Å²) in [7, 11) is -1.17. The number of benzene rings is 2. The molecular formula is C23H24ClN3O2S. The van der Waals surface area contributed by atoms with Gasteiger partial charge in [-0.3, -0.25) is 4.79 Å². The van der Waals surface area contributed by atoms with Crippen molar-refractivity contribution in [3.63, 3.8) is 0 Å². The summed E-state index contributed by atoms with van der Waals surface area (Å²) in [4.78, 5) is 18.0. The van der Waals surface area contributed by atoms with Gasteiger partial charge in [0, 0.05) is 36.0 Å². The zero-order valence-corrected chi connectivity index (χ0v) is 18.5. The summed E-state index contributed by atoms with van der Waals surface area (Å²) < 4.78 is 21.2. The lowest BCUT2D eigenvalue weighted by atomic mass is 10.1. The van der Waals surface area contributed by atoms with Crippen molar-refractivity contribution in [2.45, 2.75) is 24.7 Å². The van der Waals surface area contributed by atoms with Crippen LogP contribution in [-0.4, -0.2) is 27.9 Å². The fourth-order valence-corrected chi connectivity index (χ4v) is 4.64. The van der Waals surface area contributed by atoms with Crippen molar-refractivity contribution >= 4 is 32.9 Å². The number of aryl methyl sites for hydroxylation is 1. The van der Waals surface area contributed by atoms with Gasteiger partial charge in [0.25, 0.3) is 0 Å². The van der Waals surface area contributed by atoms with Crippen molar-refractivity contribution in [3.05, 3.63) is 77.6 Å². The van der Waals surface area contributed by atoms with Crippen LogP contribution in [0.25, 0.3) is 11.1 Å². The number of aromatic nitrogens is 1. The lowest BCUT2D eigenvalue weighted by Gasteiger charge is -2.17. The molecule has 0 bridgehead atoms. The minimum Gasteiger partial charge on any atom is -0.316 e. The molecule has 156 valence electrons. The van der Waals surface area contributed by atoms with Gasteiger partial charge < -0.3 is 4.90 Å². The molecule has 5 nitrogen and oxygen atoms in total. The lowest BCUT2D eigenvalue weighted by Crippen LogP contribution is -2.24. The van der Waals surface area contributed by atoms with E-state index in [9.17, 15) is 9.00 Å². The molecule has 2 aromatic carbocycles. The second-order valence-electron chi connectivity index (χ2n) is 6.96. The number of halogens is 1. The highest BCUT2D eigenvalue weighted by molar-refractivity contribution is 7.92. The predicted molar refractivity (Wildman–Crippen MR) is 123 cm³/mol. The van der Waals surface area contributed by atoms with E-state index in [0.29, 0.717) is 22.9 Å². The van der Waals surface area contributed by atoms with Crippen LogP contribution >= 0.6 is 11.6 Å². The molecule has 1 N–H and O–H groups in total. The summed E-state index contributed by atoms with van der Waals surface area (Å²) in [6, 6.07) is 18.6. The van der Waals surface area contributed by atoms with Crippen molar-refractivity contribution in [1.82, 2.24) is 4.98 Å². The van der Waals surface area contributed by atoms with Gasteiger partial charge in [0.1, 0.15) is 5.15 Å². The molecule has 0 saturated heterocycles. The number of anilines is 1. The van der Waals surface area contributed by atoms with Gasteiger partial charge in [-0.1, -0.05) is 48.9 Å². The zero-order valence-electron chi connectivity index (χ0n) is 17.0. The van der Waals surface area contributed by atoms with Crippen molar-refractivity contribution in [3.8, 4) is 11.1 Å². The van der Waals surface area contributed by atoms with E-state index < -0.39 is 9.73 Å². The minimum absolute atomic E-state index is 0.0601. The fraction of sp³-hybridized carbons (Fsp3) is 0.217. The van der Waals surface area contributed by atoms with E-state index in [0.717, 1.165) is 22.4 Å². The number of carbonyl (C=O) groups is 1. The van der Waals surface area contributed by atoms with Gasteiger partial charge >= 0.3 is 0 Å². The van der Waals surface area contributed by atoms with Crippen molar-refractivity contribution in [2.75, 3.05) is 17.7 Å². The standard InChI is InChI=1S/C23H24ClN3O2S/c1-3-22(28)27(2)20-10-6-17(7-11-20)18-8-12-21(13-9-18)30(25,29)16-14-19-5-4-15-26-23(19)24/h4-13,15,25H,3,14,16H2,1-2H3. The average Bonchev–Trinajstić information content (AvgIpc) is 2.77. The molecule has 0 saturated carbocycles. The quantitative estimate of drug-likeness (QED) is 0.497. The SMILES string of the molecule is CCC(=O)N(C)c1ccc(-c2ccc(S(=N)(=O)CCc3cccnc3Cl)cc2)cc1. The third-order valence-corrected chi connectivity index (χ3v) is 7.15. The van der Waals surface area contributed by atoms with Gasteiger partial charge in [-0.05, 0) is 53.4 Å². The maximum atomic E-state index is 12.9. The number of hydrogen-bond acceptors (Lipinski definition) is 4. The highest BCUT2D eigenvalue weighted by Crippen LogP contribution is 2.25. The third-order valence-electron chi connectivity index (χ3n) is 4.99. The first kappa shape index (κ1) is 22.0. The molecule has 1 aromatic heterocycles. The Kier molecular flexibility index (Phi) is 6.90. The monoisotopic (exact) mass is 441 g/mol. The number of nitrogens with one attached hydrogen (secondary N) is 1. The fourth-order valence-electron chi connectivity index (χ4n) is 3.10. The van der Waals surface area contributed by atoms with Crippen molar-refractivity contribution < 1.29 is 9.00 Å². The predicted octanol–water partition coefficient (Wildman–Crippen LogP) is 5.42. The van der Waals surface area contributed by atoms with Crippen LogP contribution in [0, 0.1) is 4.78 Å². The second-order valence-corrected chi connectivity index (χ2v) is 9.55. The molecule has 1 heterocycles. The maximum absolute atomic E-state index is 12.9. The van der Waals surface area contributed by atoms with E-state index >= 15 is 0 Å². The molecule has 0 fully saturated rings. The molecule has 0 spiro atoms. The Bertz CT molecular complexity index is 1130. The first-order valence-electron chi connectivity index (χ1n) is 9.65. The third kappa shape index (κ3) is 5.07. The van der Waals surface area contributed by atoms with Crippen LogP contribution in [0.5, 0.6) is 0 Å². The first-order valence-corrected chi connectivity index (χ1v) is 11.8. The molecule has 30 heavy (non-hydrogen) atoms. The molecule has 3 aromatic rings. The van der Waals surface area contributed by atoms with Gasteiger partial charge in [-0.15, -0.1) is 0 Å². The summed E-state index contributed by atoms with van der Waals surface area (Å²) in [5.41, 5.74) is 3.58. The number of amides is 1. The van der Waals surface area contributed by atoms with Crippen LogP contribution in [0.4, 0.5) is 5.69 Å². The van der Waals surface area contributed by atoms with E-state index in [2.05, 4.69) is 4.98 Å². The van der Waals surface area contributed by atoms with E-state index in [1.165, 1.54) is 0 Å². The topological polar surface area (TPSA) is 74.1 Å². The molecule has 1 unspecified atom stereocenters.